The van der Waals surface area contributed by atoms with Crippen LogP contribution >= 0.6 is 0 Å². The van der Waals surface area contributed by atoms with Crippen molar-refractivity contribution in [1.29, 1.82) is 0 Å². The summed E-state index contributed by atoms with van der Waals surface area (Å²) in [7, 11) is 3.20. The van der Waals surface area contributed by atoms with Gasteiger partial charge in [-0.05, 0) is 36.8 Å². The molecule has 0 radical (unpaired) electrons. The first-order valence-electron chi connectivity index (χ1n) is 8.61. The van der Waals surface area contributed by atoms with Crippen molar-refractivity contribution >= 4 is 23.2 Å². The zero-order chi connectivity index (χ0) is 19.9. The van der Waals surface area contributed by atoms with Crippen LogP contribution in [-0.4, -0.2) is 35.2 Å². The van der Waals surface area contributed by atoms with Crippen LogP contribution in [0.15, 0.2) is 48.7 Å². The molecule has 0 fully saturated rings. The molecule has 1 heterocycles. The lowest BCUT2D eigenvalue weighted by Crippen LogP contribution is -2.06. The quantitative estimate of drug-likeness (QED) is 0.574. The fourth-order valence-electron chi connectivity index (χ4n) is 2.57. The van der Waals surface area contributed by atoms with E-state index in [0.717, 1.165) is 5.56 Å². The third-order valence-corrected chi connectivity index (χ3v) is 4.01. The Morgan fingerprint density at radius 3 is 2.64 bits per heavy atom. The highest BCUT2D eigenvalue weighted by Crippen LogP contribution is 2.27. The standard InChI is InChI=1S/C20H21N5O3/c1-13(26)15-5-4-6-16(10-15)23-20-24-19(12-22-25-20)21-11-14-7-8-17(27-2)18(9-14)28-3/h4-10,12H,11H2,1-3H3,(H2,21,23,24,25). The summed E-state index contributed by atoms with van der Waals surface area (Å²) in [5.74, 6) is 2.23. The molecule has 28 heavy (non-hydrogen) atoms. The van der Waals surface area contributed by atoms with Gasteiger partial charge in [-0.25, -0.2) is 0 Å². The number of Topliss-reactive ketones (excluding diaryl/α,β-unsaturated/α-hetero) is 1. The summed E-state index contributed by atoms with van der Waals surface area (Å²) in [5.41, 5.74) is 2.33. The Morgan fingerprint density at radius 1 is 1.07 bits per heavy atom. The molecule has 8 nitrogen and oxygen atoms in total. The molecular formula is C20H21N5O3. The summed E-state index contributed by atoms with van der Waals surface area (Å²) in [4.78, 5) is 15.9. The number of ketones is 1. The fraction of sp³-hybridized carbons (Fsp3) is 0.200. The van der Waals surface area contributed by atoms with Crippen LogP contribution in [0.2, 0.25) is 0 Å². The first kappa shape index (κ1) is 19.1. The Bertz CT molecular complexity index is 978. The number of ether oxygens (including phenoxy) is 2. The Balaban J connectivity index is 1.68. The van der Waals surface area contributed by atoms with Gasteiger partial charge in [0, 0.05) is 17.8 Å². The van der Waals surface area contributed by atoms with E-state index in [2.05, 4.69) is 25.8 Å². The predicted molar refractivity (Wildman–Crippen MR) is 106 cm³/mol. The van der Waals surface area contributed by atoms with Crippen molar-refractivity contribution in [2.24, 2.45) is 0 Å². The topological polar surface area (TPSA) is 98.3 Å². The molecule has 1 aromatic heterocycles. The number of nitrogens with zero attached hydrogens (tertiary/aromatic N) is 3. The van der Waals surface area contributed by atoms with Gasteiger partial charge >= 0.3 is 0 Å². The van der Waals surface area contributed by atoms with E-state index in [4.69, 9.17) is 9.47 Å². The second kappa shape index (κ2) is 8.81. The maximum atomic E-state index is 11.5. The van der Waals surface area contributed by atoms with Gasteiger partial charge in [-0.3, -0.25) is 4.79 Å². The average Bonchev–Trinajstić information content (AvgIpc) is 2.72. The number of carbonyl (C=O) groups is 1. The number of rotatable bonds is 8. The summed E-state index contributed by atoms with van der Waals surface area (Å²) in [6, 6.07) is 12.8. The molecule has 144 valence electrons. The van der Waals surface area contributed by atoms with Crippen LogP contribution < -0.4 is 20.1 Å². The van der Waals surface area contributed by atoms with Gasteiger partial charge in [-0.15, -0.1) is 5.10 Å². The summed E-state index contributed by atoms with van der Waals surface area (Å²) in [5, 5.41) is 14.2. The summed E-state index contributed by atoms with van der Waals surface area (Å²) in [6.45, 7) is 2.05. The zero-order valence-electron chi connectivity index (χ0n) is 15.9. The average molecular weight is 379 g/mol. The van der Waals surface area contributed by atoms with Gasteiger partial charge in [0.2, 0.25) is 5.95 Å². The Labute approximate surface area is 162 Å². The SMILES string of the molecule is COc1ccc(CNc2cnnc(Nc3cccc(C(C)=O)c3)n2)cc1OC. The summed E-state index contributed by atoms with van der Waals surface area (Å²) >= 11 is 0. The zero-order valence-corrected chi connectivity index (χ0v) is 15.9. The second-order valence-corrected chi connectivity index (χ2v) is 5.97. The molecule has 2 aromatic carbocycles. The Kier molecular flexibility index (Phi) is 6.01. The highest BCUT2D eigenvalue weighted by atomic mass is 16.5. The lowest BCUT2D eigenvalue weighted by Gasteiger charge is -2.11. The van der Waals surface area contributed by atoms with Crippen LogP contribution in [0.3, 0.4) is 0 Å². The molecule has 8 heteroatoms. The maximum Gasteiger partial charge on any atom is 0.249 e. The van der Waals surface area contributed by atoms with Gasteiger partial charge in [0.15, 0.2) is 23.1 Å². The molecule has 0 unspecified atom stereocenters. The van der Waals surface area contributed by atoms with E-state index in [1.54, 1.807) is 32.4 Å². The third kappa shape index (κ3) is 4.73. The highest BCUT2D eigenvalue weighted by Gasteiger charge is 2.07. The molecule has 0 aliphatic heterocycles. The smallest absolute Gasteiger partial charge is 0.249 e. The molecule has 0 aliphatic carbocycles. The largest absolute Gasteiger partial charge is 0.493 e. The van der Waals surface area contributed by atoms with Crippen molar-refractivity contribution in [3.05, 3.63) is 59.8 Å². The van der Waals surface area contributed by atoms with Gasteiger partial charge in [0.1, 0.15) is 0 Å². The van der Waals surface area contributed by atoms with Crippen LogP contribution in [0.5, 0.6) is 11.5 Å². The first-order chi connectivity index (χ1) is 13.6. The lowest BCUT2D eigenvalue weighted by molar-refractivity contribution is 0.101. The van der Waals surface area contributed by atoms with E-state index in [9.17, 15) is 4.79 Å². The molecule has 0 saturated carbocycles. The molecule has 0 atom stereocenters. The van der Waals surface area contributed by atoms with E-state index in [1.807, 2.05) is 24.3 Å². The molecule has 0 amide bonds. The van der Waals surface area contributed by atoms with Gasteiger partial charge in [0.25, 0.3) is 0 Å². The number of hydrogen-bond donors (Lipinski definition) is 2. The Morgan fingerprint density at radius 2 is 1.89 bits per heavy atom. The first-order valence-corrected chi connectivity index (χ1v) is 8.61. The van der Waals surface area contributed by atoms with Crippen molar-refractivity contribution in [3.63, 3.8) is 0 Å². The number of carbonyl (C=O) groups excluding carboxylic acids is 1. The molecule has 0 bridgehead atoms. The van der Waals surface area contributed by atoms with Crippen molar-refractivity contribution < 1.29 is 14.3 Å². The van der Waals surface area contributed by atoms with Gasteiger partial charge in [-0.1, -0.05) is 18.2 Å². The van der Waals surface area contributed by atoms with Crippen molar-refractivity contribution in [3.8, 4) is 11.5 Å². The maximum absolute atomic E-state index is 11.5. The minimum absolute atomic E-state index is 0.00645. The molecule has 0 spiro atoms. The number of benzene rings is 2. The Hall–Kier alpha value is -3.68. The molecule has 0 aliphatic rings. The number of nitrogens with one attached hydrogen (secondary N) is 2. The molecule has 3 aromatic rings. The van der Waals surface area contributed by atoms with Crippen molar-refractivity contribution in [2.75, 3.05) is 24.9 Å². The van der Waals surface area contributed by atoms with Crippen LogP contribution in [0.1, 0.15) is 22.8 Å². The monoisotopic (exact) mass is 379 g/mol. The van der Waals surface area contributed by atoms with Crippen LogP contribution in [0.25, 0.3) is 0 Å². The number of methoxy groups -OCH3 is 2. The summed E-state index contributed by atoms with van der Waals surface area (Å²) < 4.78 is 10.6. The third-order valence-electron chi connectivity index (χ3n) is 4.01. The minimum atomic E-state index is -0.00645. The molecule has 2 N–H and O–H groups in total. The van der Waals surface area contributed by atoms with E-state index >= 15 is 0 Å². The minimum Gasteiger partial charge on any atom is -0.493 e. The van der Waals surface area contributed by atoms with Crippen LogP contribution in [0, 0.1) is 0 Å². The molecule has 3 rings (SSSR count). The van der Waals surface area contributed by atoms with E-state index in [1.165, 1.54) is 13.1 Å². The highest BCUT2D eigenvalue weighted by molar-refractivity contribution is 5.95. The number of aromatic nitrogens is 3. The predicted octanol–water partition coefficient (Wildman–Crippen LogP) is 3.45. The van der Waals surface area contributed by atoms with E-state index in [0.29, 0.717) is 41.1 Å². The number of anilines is 3. The van der Waals surface area contributed by atoms with Gasteiger partial charge < -0.3 is 20.1 Å². The fourth-order valence-corrected chi connectivity index (χ4v) is 2.57. The second-order valence-electron chi connectivity index (χ2n) is 5.97. The van der Waals surface area contributed by atoms with Crippen LogP contribution in [0.4, 0.5) is 17.5 Å². The van der Waals surface area contributed by atoms with Crippen LogP contribution in [-0.2, 0) is 6.54 Å². The van der Waals surface area contributed by atoms with Crippen molar-refractivity contribution in [1.82, 2.24) is 15.2 Å². The van der Waals surface area contributed by atoms with Crippen molar-refractivity contribution in [2.45, 2.75) is 13.5 Å². The lowest BCUT2D eigenvalue weighted by atomic mass is 10.1. The van der Waals surface area contributed by atoms with E-state index in [-0.39, 0.29) is 5.78 Å². The molecular weight excluding hydrogens is 358 g/mol. The van der Waals surface area contributed by atoms with E-state index < -0.39 is 0 Å². The van der Waals surface area contributed by atoms with Gasteiger partial charge in [-0.2, -0.15) is 10.1 Å². The normalized spacial score (nSPS) is 10.2. The number of hydrogen-bond acceptors (Lipinski definition) is 8. The summed E-state index contributed by atoms with van der Waals surface area (Å²) in [6.07, 6.45) is 1.54. The van der Waals surface area contributed by atoms with Gasteiger partial charge in [0.05, 0.1) is 20.4 Å². The molecule has 0 saturated heterocycles.